The minimum absolute atomic E-state index is 0.127. The van der Waals surface area contributed by atoms with Gasteiger partial charge in [-0.3, -0.25) is 4.79 Å². The highest BCUT2D eigenvalue weighted by Gasteiger charge is 2.21. The van der Waals surface area contributed by atoms with Crippen molar-refractivity contribution in [3.05, 3.63) is 33.0 Å². The summed E-state index contributed by atoms with van der Waals surface area (Å²) in [6, 6.07) is 3.58. The van der Waals surface area contributed by atoms with Gasteiger partial charge in [-0.1, -0.05) is 11.3 Å². The Hall–Kier alpha value is -1.64. The van der Waals surface area contributed by atoms with Gasteiger partial charge in [0.1, 0.15) is 16.5 Å². The standard InChI is InChI=1S/C14H17N3O3S2/c15-12-11(13(18)16-7-9-3-1-5-19-9)22-14(21)17(12)8-10-4-2-6-20-10/h1,3,5,10H,2,4,6-8,15H2,(H,16,18)/t10-/m0/s1. The lowest BCUT2D eigenvalue weighted by Gasteiger charge is -2.12. The van der Waals surface area contributed by atoms with Crippen LogP contribution in [0.15, 0.2) is 22.8 Å². The van der Waals surface area contributed by atoms with Gasteiger partial charge in [-0.15, -0.1) is 0 Å². The highest BCUT2D eigenvalue weighted by molar-refractivity contribution is 7.73. The van der Waals surface area contributed by atoms with E-state index >= 15 is 0 Å². The van der Waals surface area contributed by atoms with Crippen LogP contribution < -0.4 is 11.1 Å². The van der Waals surface area contributed by atoms with Gasteiger partial charge in [-0.25, -0.2) is 0 Å². The molecule has 2 aromatic heterocycles. The number of carbonyl (C=O) groups excluding carboxylic acids is 1. The minimum Gasteiger partial charge on any atom is -0.467 e. The van der Waals surface area contributed by atoms with E-state index in [0.717, 1.165) is 19.4 Å². The van der Waals surface area contributed by atoms with Gasteiger partial charge in [0.05, 0.1) is 25.5 Å². The molecular formula is C14H17N3O3S2. The first kappa shape index (κ1) is 15.3. The number of anilines is 1. The van der Waals surface area contributed by atoms with Crippen LogP contribution in [-0.2, 0) is 17.8 Å². The van der Waals surface area contributed by atoms with Gasteiger partial charge in [0.15, 0.2) is 3.95 Å². The van der Waals surface area contributed by atoms with Crippen LogP contribution in [0.4, 0.5) is 5.82 Å². The van der Waals surface area contributed by atoms with Crippen LogP contribution in [0.1, 0.15) is 28.3 Å². The number of nitrogens with one attached hydrogen (secondary N) is 1. The molecule has 0 bridgehead atoms. The van der Waals surface area contributed by atoms with E-state index in [2.05, 4.69) is 5.32 Å². The van der Waals surface area contributed by atoms with Crippen LogP contribution in [0, 0.1) is 3.95 Å². The molecule has 0 radical (unpaired) electrons. The third kappa shape index (κ3) is 3.23. The van der Waals surface area contributed by atoms with E-state index in [4.69, 9.17) is 27.1 Å². The first-order chi connectivity index (χ1) is 10.6. The van der Waals surface area contributed by atoms with E-state index < -0.39 is 0 Å². The number of furan rings is 1. The third-order valence-electron chi connectivity index (χ3n) is 3.55. The number of ether oxygens (including phenoxy) is 1. The molecule has 0 spiro atoms. The van der Waals surface area contributed by atoms with Gasteiger partial charge in [-0.05, 0) is 37.2 Å². The molecule has 1 aliphatic heterocycles. The fraction of sp³-hybridized carbons (Fsp3) is 0.429. The number of amides is 1. The summed E-state index contributed by atoms with van der Waals surface area (Å²) in [6.07, 6.45) is 3.75. The maximum atomic E-state index is 12.3. The lowest BCUT2D eigenvalue weighted by atomic mass is 10.2. The van der Waals surface area contributed by atoms with Crippen molar-refractivity contribution in [2.75, 3.05) is 12.3 Å². The SMILES string of the molecule is Nc1c(C(=O)NCc2ccco2)sc(=S)n1C[C@@H]1CCCO1. The number of nitrogen functional groups attached to an aromatic ring is 1. The molecule has 6 nitrogen and oxygen atoms in total. The molecule has 3 heterocycles. The maximum Gasteiger partial charge on any atom is 0.265 e. The Labute approximate surface area is 136 Å². The molecular weight excluding hydrogens is 322 g/mol. The molecule has 1 aliphatic rings. The number of rotatable bonds is 5. The molecule has 22 heavy (non-hydrogen) atoms. The largest absolute Gasteiger partial charge is 0.467 e. The van der Waals surface area contributed by atoms with Crippen LogP contribution in [0.25, 0.3) is 0 Å². The zero-order chi connectivity index (χ0) is 15.5. The summed E-state index contributed by atoms with van der Waals surface area (Å²) < 4.78 is 13.2. The zero-order valence-electron chi connectivity index (χ0n) is 11.9. The Morgan fingerprint density at radius 1 is 1.59 bits per heavy atom. The number of nitrogens with two attached hydrogens (primary N) is 1. The number of carbonyl (C=O) groups is 1. The topological polar surface area (TPSA) is 82.4 Å². The van der Waals surface area contributed by atoms with E-state index in [9.17, 15) is 4.79 Å². The smallest absolute Gasteiger partial charge is 0.265 e. The zero-order valence-corrected chi connectivity index (χ0v) is 13.5. The Kier molecular flexibility index (Phi) is 4.60. The predicted molar refractivity (Wildman–Crippen MR) is 86.4 cm³/mol. The van der Waals surface area contributed by atoms with Crippen LogP contribution in [0.3, 0.4) is 0 Å². The van der Waals surface area contributed by atoms with Crippen molar-refractivity contribution in [1.29, 1.82) is 0 Å². The summed E-state index contributed by atoms with van der Waals surface area (Å²) in [5.74, 6) is 0.854. The molecule has 1 atom stereocenters. The van der Waals surface area contributed by atoms with Crippen LogP contribution >= 0.6 is 23.6 Å². The lowest BCUT2D eigenvalue weighted by molar-refractivity contribution is 0.0944. The molecule has 0 unspecified atom stereocenters. The fourth-order valence-corrected chi connectivity index (χ4v) is 3.66. The highest BCUT2D eigenvalue weighted by atomic mass is 32.1. The van der Waals surface area contributed by atoms with E-state index in [-0.39, 0.29) is 12.0 Å². The van der Waals surface area contributed by atoms with Gasteiger partial charge in [0.25, 0.3) is 5.91 Å². The van der Waals surface area contributed by atoms with Gasteiger partial charge >= 0.3 is 0 Å². The number of thiazole rings is 1. The molecule has 1 fully saturated rings. The van der Waals surface area contributed by atoms with Crippen molar-refractivity contribution >= 4 is 35.3 Å². The predicted octanol–water partition coefficient (Wildman–Crippen LogP) is 2.56. The molecule has 1 amide bonds. The van der Waals surface area contributed by atoms with Gasteiger partial charge in [-0.2, -0.15) is 0 Å². The second kappa shape index (κ2) is 6.64. The Balaban J connectivity index is 1.70. The van der Waals surface area contributed by atoms with E-state index in [1.807, 2.05) is 0 Å². The quantitative estimate of drug-likeness (QED) is 0.818. The Morgan fingerprint density at radius 3 is 3.14 bits per heavy atom. The minimum atomic E-state index is -0.240. The molecule has 0 aliphatic carbocycles. The average molecular weight is 339 g/mol. The maximum absolute atomic E-state index is 12.3. The third-order valence-corrected chi connectivity index (χ3v) is 5.02. The Bertz CT molecular complexity index is 699. The fourth-order valence-electron chi connectivity index (χ4n) is 2.40. The highest BCUT2D eigenvalue weighted by Crippen LogP contribution is 2.25. The molecule has 0 aromatic carbocycles. The van der Waals surface area contributed by atoms with Crippen molar-refractivity contribution in [3.63, 3.8) is 0 Å². The Morgan fingerprint density at radius 2 is 2.45 bits per heavy atom. The summed E-state index contributed by atoms with van der Waals surface area (Å²) in [5, 5.41) is 2.78. The molecule has 118 valence electrons. The second-order valence-corrected chi connectivity index (χ2v) is 6.73. The van der Waals surface area contributed by atoms with Crippen LogP contribution in [0.5, 0.6) is 0 Å². The van der Waals surface area contributed by atoms with E-state index in [0.29, 0.717) is 33.5 Å². The van der Waals surface area contributed by atoms with E-state index in [1.54, 1.807) is 23.0 Å². The molecule has 0 saturated carbocycles. The average Bonchev–Trinajstić information content (AvgIpc) is 3.23. The van der Waals surface area contributed by atoms with Crippen LogP contribution in [-0.4, -0.2) is 23.2 Å². The normalized spacial score (nSPS) is 17.7. The summed E-state index contributed by atoms with van der Waals surface area (Å²) in [7, 11) is 0. The van der Waals surface area contributed by atoms with Crippen molar-refractivity contribution in [1.82, 2.24) is 9.88 Å². The van der Waals surface area contributed by atoms with E-state index in [1.165, 1.54) is 11.3 Å². The van der Waals surface area contributed by atoms with Gasteiger partial charge < -0.3 is 24.8 Å². The number of aromatic nitrogens is 1. The summed E-state index contributed by atoms with van der Waals surface area (Å²) in [6.45, 7) is 1.70. The van der Waals surface area contributed by atoms with Gasteiger partial charge in [0, 0.05) is 6.61 Å². The first-order valence-corrected chi connectivity index (χ1v) is 8.29. The molecule has 1 saturated heterocycles. The van der Waals surface area contributed by atoms with Crippen LogP contribution in [0.2, 0.25) is 0 Å². The number of hydrogen-bond acceptors (Lipinski definition) is 6. The number of hydrogen-bond donors (Lipinski definition) is 2. The molecule has 3 N–H and O–H groups in total. The monoisotopic (exact) mass is 339 g/mol. The summed E-state index contributed by atoms with van der Waals surface area (Å²) >= 11 is 6.55. The lowest BCUT2D eigenvalue weighted by Crippen LogP contribution is -2.23. The van der Waals surface area contributed by atoms with Crippen molar-refractivity contribution in [2.24, 2.45) is 0 Å². The van der Waals surface area contributed by atoms with Gasteiger partial charge in [0.2, 0.25) is 0 Å². The first-order valence-electron chi connectivity index (χ1n) is 7.06. The summed E-state index contributed by atoms with van der Waals surface area (Å²) in [5.41, 5.74) is 6.10. The molecule has 2 aromatic rings. The second-order valence-electron chi connectivity index (χ2n) is 5.09. The van der Waals surface area contributed by atoms with Crippen molar-refractivity contribution in [3.8, 4) is 0 Å². The summed E-state index contributed by atoms with van der Waals surface area (Å²) in [4.78, 5) is 12.7. The number of nitrogens with zero attached hydrogens (tertiary/aromatic N) is 1. The molecule has 3 rings (SSSR count). The van der Waals surface area contributed by atoms with Crippen molar-refractivity contribution < 1.29 is 13.9 Å². The van der Waals surface area contributed by atoms with Crippen molar-refractivity contribution in [2.45, 2.75) is 32.0 Å². The molecule has 8 heteroatoms.